The second-order valence-electron chi connectivity index (χ2n) is 6.65. The zero-order chi connectivity index (χ0) is 20.7. The highest BCUT2D eigenvalue weighted by molar-refractivity contribution is 9.11. The van der Waals surface area contributed by atoms with Crippen LogP contribution in [0.4, 0.5) is 9.80 Å². The fourth-order valence-electron chi connectivity index (χ4n) is 3.59. The number of fused-ring (bicyclic) bond motifs is 3. The van der Waals surface area contributed by atoms with Crippen molar-refractivity contribution in [1.82, 2.24) is 10.2 Å². The maximum absolute atomic E-state index is 12.9. The highest BCUT2D eigenvalue weighted by Crippen LogP contribution is 2.42. The lowest BCUT2D eigenvalue weighted by Gasteiger charge is -2.28. The molecule has 4 rings (SSSR count). The predicted molar refractivity (Wildman–Crippen MR) is 118 cm³/mol. The Labute approximate surface area is 189 Å². The van der Waals surface area contributed by atoms with Gasteiger partial charge in [0.05, 0.1) is 34.8 Å². The minimum absolute atomic E-state index is 0.103. The van der Waals surface area contributed by atoms with Gasteiger partial charge in [-0.15, -0.1) is 11.3 Å². The third-order valence-corrected chi connectivity index (χ3v) is 7.24. The molecule has 0 bridgehead atoms. The molecule has 0 aliphatic carbocycles. The average Bonchev–Trinajstić information content (AvgIpc) is 3.05. The van der Waals surface area contributed by atoms with Crippen LogP contribution in [0.2, 0.25) is 0 Å². The maximum Gasteiger partial charge on any atom is 0.410 e. The fourth-order valence-corrected chi connectivity index (χ4v) is 6.43. The van der Waals surface area contributed by atoms with E-state index in [4.69, 9.17) is 9.47 Å². The Morgan fingerprint density at radius 3 is 2.69 bits per heavy atom. The van der Waals surface area contributed by atoms with E-state index in [1.165, 1.54) is 11.3 Å². The summed E-state index contributed by atoms with van der Waals surface area (Å²) in [5, 5.41) is 7.30. The third-order valence-electron chi connectivity index (χ3n) is 4.92. The molecule has 0 fully saturated rings. The summed E-state index contributed by atoms with van der Waals surface area (Å²) in [6, 6.07) is 3.84. The molecule has 0 radical (unpaired) electrons. The number of hydrogen-bond donors (Lipinski definition) is 2. The van der Waals surface area contributed by atoms with E-state index in [9.17, 15) is 9.59 Å². The van der Waals surface area contributed by atoms with Crippen LogP contribution in [-0.2, 0) is 17.7 Å². The summed E-state index contributed by atoms with van der Waals surface area (Å²) in [6.07, 6.45) is -0.0400. The van der Waals surface area contributed by atoms with Gasteiger partial charge in [0.1, 0.15) is 16.9 Å². The van der Waals surface area contributed by atoms with E-state index in [0.29, 0.717) is 37.4 Å². The molecule has 2 N–H and O–H groups in total. The molecule has 154 valence electrons. The summed E-state index contributed by atoms with van der Waals surface area (Å²) in [7, 11) is 1.60. The van der Waals surface area contributed by atoms with Crippen LogP contribution in [0.15, 0.2) is 21.1 Å². The van der Waals surface area contributed by atoms with E-state index >= 15 is 0 Å². The Hall–Kier alpha value is -1.78. The molecule has 7 nitrogen and oxygen atoms in total. The first kappa shape index (κ1) is 20.5. The van der Waals surface area contributed by atoms with Crippen molar-refractivity contribution in [3.05, 3.63) is 42.6 Å². The SMILES string of the molecule is CCOC(=O)N1CCc2c(sc3c2C(=O)NC(c2cc(Br)c(OC)c(Br)c2)N3)C1. The topological polar surface area (TPSA) is 79.9 Å². The van der Waals surface area contributed by atoms with Gasteiger partial charge < -0.3 is 25.0 Å². The number of ether oxygens (including phenoxy) is 2. The molecule has 1 atom stereocenters. The number of methoxy groups -OCH3 is 1. The molecule has 2 aliphatic rings. The molecule has 1 unspecified atom stereocenters. The van der Waals surface area contributed by atoms with E-state index in [2.05, 4.69) is 42.5 Å². The molecular weight excluding hydrogens is 526 g/mol. The molecule has 1 aromatic carbocycles. The van der Waals surface area contributed by atoms with Crippen molar-refractivity contribution >= 4 is 60.2 Å². The zero-order valence-electron chi connectivity index (χ0n) is 15.8. The van der Waals surface area contributed by atoms with Crippen LogP contribution >= 0.6 is 43.2 Å². The van der Waals surface area contributed by atoms with Crippen LogP contribution in [0, 0.1) is 0 Å². The average molecular weight is 545 g/mol. The van der Waals surface area contributed by atoms with Crippen molar-refractivity contribution < 1.29 is 19.1 Å². The number of nitrogens with one attached hydrogen (secondary N) is 2. The molecule has 2 amide bonds. The van der Waals surface area contributed by atoms with Gasteiger partial charge in [-0.25, -0.2) is 4.79 Å². The number of rotatable bonds is 3. The van der Waals surface area contributed by atoms with Gasteiger partial charge in [-0.1, -0.05) is 0 Å². The van der Waals surface area contributed by atoms with Crippen LogP contribution < -0.4 is 15.4 Å². The van der Waals surface area contributed by atoms with E-state index in [1.807, 2.05) is 12.1 Å². The number of halogens is 2. The lowest BCUT2D eigenvalue weighted by atomic mass is 10.0. The van der Waals surface area contributed by atoms with Crippen LogP contribution in [0.5, 0.6) is 5.75 Å². The number of carbonyl (C=O) groups is 2. The van der Waals surface area contributed by atoms with Crippen molar-refractivity contribution in [2.24, 2.45) is 0 Å². The molecule has 0 saturated heterocycles. The van der Waals surface area contributed by atoms with Crippen molar-refractivity contribution in [2.75, 3.05) is 25.6 Å². The van der Waals surface area contributed by atoms with Crippen LogP contribution in [0.1, 0.15) is 39.5 Å². The number of hydrogen-bond acceptors (Lipinski definition) is 6. The van der Waals surface area contributed by atoms with Crippen LogP contribution in [0.3, 0.4) is 0 Å². The third kappa shape index (κ3) is 3.73. The van der Waals surface area contributed by atoms with E-state index in [1.54, 1.807) is 18.9 Å². The Morgan fingerprint density at radius 2 is 2.03 bits per heavy atom. The molecule has 2 aliphatic heterocycles. The van der Waals surface area contributed by atoms with Gasteiger partial charge in [0, 0.05) is 11.4 Å². The van der Waals surface area contributed by atoms with E-state index < -0.39 is 0 Å². The van der Waals surface area contributed by atoms with Crippen LogP contribution in [-0.4, -0.2) is 37.2 Å². The molecule has 29 heavy (non-hydrogen) atoms. The number of benzene rings is 1. The van der Waals surface area contributed by atoms with Crippen LogP contribution in [0.25, 0.3) is 0 Å². The normalized spacial score (nSPS) is 17.7. The molecule has 0 saturated carbocycles. The number of amides is 2. The molecule has 1 aromatic heterocycles. The summed E-state index contributed by atoms with van der Waals surface area (Å²) in [5.74, 6) is 0.594. The first-order valence-corrected chi connectivity index (χ1v) is 11.5. The highest BCUT2D eigenvalue weighted by Gasteiger charge is 2.34. The minimum atomic E-state index is -0.366. The Balaban J connectivity index is 1.61. The molecule has 0 spiro atoms. The predicted octanol–water partition coefficient (Wildman–Crippen LogP) is 4.65. The van der Waals surface area contributed by atoms with E-state index in [-0.39, 0.29) is 18.2 Å². The summed E-state index contributed by atoms with van der Waals surface area (Å²) in [6.45, 7) is 3.15. The van der Waals surface area contributed by atoms with Crippen molar-refractivity contribution in [1.29, 1.82) is 0 Å². The van der Waals surface area contributed by atoms with Crippen molar-refractivity contribution in [3.63, 3.8) is 0 Å². The second-order valence-corrected chi connectivity index (χ2v) is 9.46. The number of nitrogens with zero attached hydrogens (tertiary/aromatic N) is 1. The zero-order valence-corrected chi connectivity index (χ0v) is 19.8. The van der Waals surface area contributed by atoms with Gasteiger partial charge in [-0.2, -0.15) is 0 Å². The number of carbonyl (C=O) groups excluding carboxylic acids is 2. The van der Waals surface area contributed by atoms with E-state index in [0.717, 1.165) is 30.0 Å². The van der Waals surface area contributed by atoms with Gasteiger partial charge in [-0.3, -0.25) is 4.79 Å². The first-order chi connectivity index (χ1) is 13.9. The molecule has 3 heterocycles. The summed E-state index contributed by atoms with van der Waals surface area (Å²) < 4.78 is 12.1. The van der Waals surface area contributed by atoms with Gasteiger partial charge in [0.2, 0.25) is 0 Å². The lowest BCUT2D eigenvalue weighted by molar-refractivity contribution is 0.0934. The van der Waals surface area contributed by atoms with Gasteiger partial charge in [-0.05, 0) is 68.5 Å². The molecule has 2 aromatic rings. The fraction of sp³-hybridized carbons (Fsp3) is 0.368. The van der Waals surface area contributed by atoms with Gasteiger partial charge in [0.15, 0.2) is 0 Å². The monoisotopic (exact) mass is 543 g/mol. The van der Waals surface area contributed by atoms with Gasteiger partial charge >= 0.3 is 6.09 Å². The Bertz CT molecular complexity index is 971. The summed E-state index contributed by atoms with van der Waals surface area (Å²) >= 11 is 8.54. The standard InChI is InChI=1S/C19H19Br2N3O4S/c1-3-28-19(26)24-5-4-10-13(8-24)29-18-14(10)17(25)22-16(23-18)9-6-11(20)15(27-2)12(21)7-9/h6-7,16,23H,3-5,8H2,1-2H3,(H,22,25). The quantitative estimate of drug-likeness (QED) is 0.588. The molecular formula is C19H19Br2N3O4S. The largest absolute Gasteiger partial charge is 0.494 e. The van der Waals surface area contributed by atoms with Gasteiger partial charge in [0.25, 0.3) is 5.91 Å². The number of anilines is 1. The number of thiophene rings is 1. The Morgan fingerprint density at radius 1 is 1.31 bits per heavy atom. The Kier molecular flexibility index (Phi) is 5.76. The highest BCUT2D eigenvalue weighted by atomic mass is 79.9. The minimum Gasteiger partial charge on any atom is -0.494 e. The van der Waals surface area contributed by atoms with Crippen molar-refractivity contribution in [2.45, 2.75) is 26.1 Å². The summed E-state index contributed by atoms with van der Waals surface area (Å²) in [5.41, 5.74) is 2.60. The summed E-state index contributed by atoms with van der Waals surface area (Å²) in [4.78, 5) is 27.7. The first-order valence-electron chi connectivity index (χ1n) is 9.09. The lowest BCUT2D eigenvalue weighted by Crippen LogP contribution is -2.39. The second kappa shape index (κ2) is 8.16. The smallest absolute Gasteiger partial charge is 0.410 e. The van der Waals surface area contributed by atoms with Crippen molar-refractivity contribution in [3.8, 4) is 5.75 Å². The maximum atomic E-state index is 12.9. The molecule has 10 heteroatoms.